The maximum atomic E-state index is 11.5. The summed E-state index contributed by atoms with van der Waals surface area (Å²) < 4.78 is 10.1. The van der Waals surface area contributed by atoms with Crippen molar-refractivity contribution >= 4 is 12.2 Å². The van der Waals surface area contributed by atoms with E-state index in [1.54, 1.807) is 41.5 Å². The molecular formula is C14H28N2O5. The van der Waals surface area contributed by atoms with Gasteiger partial charge >= 0.3 is 12.2 Å². The average Bonchev–Trinajstić information content (AvgIpc) is 2.19. The van der Waals surface area contributed by atoms with Crippen LogP contribution in [0.3, 0.4) is 0 Å². The predicted molar refractivity (Wildman–Crippen MR) is 79.1 cm³/mol. The fourth-order valence-electron chi connectivity index (χ4n) is 1.22. The van der Waals surface area contributed by atoms with E-state index in [0.29, 0.717) is 0 Å². The van der Waals surface area contributed by atoms with Gasteiger partial charge in [0.25, 0.3) is 0 Å². The van der Waals surface area contributed by atoms with E-state index >= 15 is 0 Å². The number of amides is 2. The molecule has 0 fully saturated rings. The van der Waals surface area contributed by atoms with Crippen LogP contribution < -0.4 is 10.6 Å². The molecule has 0 aromatic heterocycles. The summed E-state index contributed by atoms with van der Waals surface area (Å²) in [5.74, 6) is 0. The van der Waals surface area contributed by atoms with Crippen molar-refractivity contribution < 1.29 is 24.2 Å². The molecule has 0 aromatic rings. The standard InChI is InChI=1S/C14H28N2O5/c1-12(2,3)20-10(17)15-8-14(7,19)9-16-11(18)21-13(4,5)6/h19H,8-9H2,1-7H3,(H,15,17)(H,16,18). The van der Waals surface area contributed by atoms with Crippen LogP contribution in [-0.4, -0.2) is 47.2 Å². The molecule has 0 saturated heterocycles. The van der Waals surface area contributed by atoms with Crippen molar-refractivity contribution in [3.63, 3.8) is 0 Å². The third kappa shape index (κ3) is 12.0. The Bertz CT molecular complexity index is 333. The second-order valence-corrected chi connectivity index (χ2v) is 7.21. The molecule has 2 amide bonds. The molecule has 3 N–H and O–H groups in total. The van der Waals surface area contributed by atoms with Gasteiger partial charge in [-0.25, -0.2) is 9.59 Å². The Balaban J connectivity index is 4.15. The highest BCUT2D eigenvalue weighted by atomic mass is 16.6. The van der Waals surface area contributed by atoms with Gasteiger partial charge in [-0.1, -0.05) is 0 Å². The van der Waals surface area contributed by atoms with Gasteiger partial charge in [-0.2, -0.15) is 0 Å². The molecule has 0 aliphatic carbocycles. The lowest BCUT2D eigenvalue weighted by molar-refractivity contribution is 0.0257. The maximum Gasteiger partial charge on any atom is 0.407 e. The van der Waals surface area contributed by atoms with Crippen LogP contribution in [0.5, 0.6) is 0 Å². The molecule has 0 saturated carbocycles. The third-order valence-corrected chi connectivity index (χ3v) is 2.02. The van der Waals surface area contributed by atoms with Crippen LogP contribution in [0.25, 0.3) is 0 Å². The van der Waals surface area contributed by atoms with Gasteiger partial charge in [-0.15, -0.1) is 0 Å². The Morgan fingerprint density at radius 2 is 1.10 bits per heavy atom. The quantitative estimate of drug-likeness (QED) is 0.735. The van der Waals surface area contributed by atoms with Crippen LogP contribution in [0.15, 0.2) is 0 Å². The van der Waals surface area contributed by atoms with Crippen LogP contribution >= 0.6 is 0 Å². The molecule has 21 heavy (non-hydrogen) atoms. The first-order valence-corrected chi connectivity index (χ1v) is 6.86. The normalized spacial score (nSPS) is 12.6. The van der Waals surface area contributed by atoms with E-state index in [4.69, 9.17) is 9.47 Å². The van der Waals surface area contributed by atoms with Crippen molar-refractivity contribution in [2.24, 2.45) is 0 Å². The zero-order chi connectivity index (χ0) is 16.9. The maximum absolute atomic E-state index is 11.5. The molecule has 0 radical (unpaired) electrons. The van der Waals surface area contributed by atoms with Gasteiger partial charge in [0.15, 0.2) is 0 Å². The molecule has 0 spiro atoms. The summed E-state index contributed by atoms with van der Waals surface area (Å²) in [5.41, 5.74) is -2.52. The number of ether oxygens (including phenoxy) is 2. The highest BCUT2D eigenvalue weighted by molar-refractivity contribution is 5.68. The Morgan fingerprint density at radius 3 is 1.33 bits per heavy atom. The van der Waals surface area contributed by atoms with E-state index in [1.165, 1.54) is 6.92 Å². The minimum atomic E-state index is -1.31. The van der Waals surface area contributed by atoms with Gasteiger partial charge in [0.05, 0.1) is 18.7 Å². The van der Waals surface area contributed by atoms with E-state index in [2.05, 4.69) is 10.6 Å². The molecule has 0 aliphatic heterocycles. The Hall–Kier alpha value is -1.50. The fraction of sp³-hybridized carbons (Fsp3) is 0.857. The monoisotopic (exact) mass is 304 g/mol. The molecule has 0 unspecified atom stereocenters. The molecular weight excluding hydrogens is 276 g/mol. The number of carbonyl (C=O) groups is 2. The van der Waals surface area contributed by atoms with E-state index in [0.717, 1.165) is 0 Å². The lowest BCUT2D eigenvalue weighted by Crippen LogP contribution is -2.50. The Labute approximate surface area is 126 Å². The fourth-order valence-corrected chi connectivity index (χ4v) is 1.22. The summed E-state index contributed by atoms with van der Waals surface area (Å²) in [6.45, 7) is 11.8. The summed E-state index contributed by atoms with van der Waals surface area (Å²) in [6.07, 6.45) is -1.25. The molecule has 124 valence electrons. The molecule has 0 heterocycles. The Morgan fingerprint density at radius 1 is 0.810 bits per heavy atom. The number of carbonyl (C=O) groups excluding carboxylic acids is 2. The van der Waals surface area contributed by atoms with Gasteiger partial charge in [-0.3, -0.25) is 0 Å². The zero-order valence-corrected chi connectivity index (χ0v) is 14.0. The van der Waals surface area contributed by atoms with E-state index in [1.807, 2.05) is 0 Å². The molecule has 0 aromatic carbocycles. The summed E-state index contributed by atoms with van der Waals surface area (Å²) in [4.78, 5) is 22.9. The largest absolute Gasteiger partial charge is 0.444 e. The summed E-state index contributed by atoms with van der Waals surface area (Å²) in [7, 11) is 0. The second-order valence-electron chi connectivity index (χ2n) is 7.21. The lowest BCUT2D eigenvalue weighted by atomic mass is 10.1. The number of alkyl carbamates (subject to hydrolysis) is 2. The first-order chi connectivity index (χ1) is 9.20. The van der Waals surface area contributed by atoms with Crippen LogP contribution in [-0.2, 0) is 9.47 Å². The van der Waals surface area contributed by atoms with Crippen molar-refractivity contribution in [1.82, 2.24) is 10.6 Å². The smallest absolute Gasteiger partial charge is 0.407 e. The molecule has 0 rings (SSSR count). The minimum Gasteiger partial charge on any atom is -0.444 e. The van der Waals surface area contributed by atoms with Crippen LogP contribution in [0.2, 0.25) is 0 Å². The predicted octanol–water partition coefficient (Wildman–Crippen LogP) is 1.79. The van der Waals surface area contributed by atoms with Gasteiger partial charge in [0, 0.05) is 0 Å². The lowest BCUT2D eigenvalue weighted by Gasteiger charge is -2.26. The van der Waals surface area contributed by atoms with Crippen molar-refractivity contribution in [2.45, 2.75) is 65.3 Å². The van der Waals surface area contributed by atoms with Gasteiger partial charge in [0.1, 0.15) is 11.2 Å². The highest BCUT2D eigenvalue weighted by Crippen LogP contribution is 2.08. The topological polar surface area (TPSA) is 96.9 Å². The van der Waals surface area contributed by atoms with E-state index < -0.39 is 29.0 Å². The number of hydrogen-bond donors (Lipinski definition) is 3. The minimum absolute atomic E-state index is 0.0578. The molecule has 0 bridgehead atoms. The SMILES string of the molecule is CC(O)(CNC(=O)OC(C)(C)C)CNC(=O)OC(C)(C)C. The van der Waals surface area contributed by atoms with Crippen molar-refractivity contribution in [3.8, 4) is 0 Å². The van der Waals surface area contributed by atoms with Gasteiger partial charge in [0.2, 0.25) is 0 Å². The van der Waals surface area contributed by atoms with Crippen molar-refractivity contribution in [1.29, 1.82) is 0 Å². The van der Waals surface area contributed by atoms with Crippen molar-refractivity contribution in [2.75, 3.05) is 13.1 Å². The summed E-state index contributed by atoms with van der Waals surface area (Å²) in [6, 6.07) is 0. The van der Waals surface area contributed by atoms with Gasteiger partial charge < -0.3 is 25.2 Å². The number of hydrogen-bond acceptors (Lipinski definition) is 5. The zero-order valence-electron chi connectivity index (χ0n) is 14.0. The summed E-state index contributed by atoms with van der Waals surface area (Å²) in [5, 5.41) is 15.0. The first kappa shape index (κ1) is 19.5. The van der Waals surface area contributed by atoms with Crippen molar-refractivity contribution in [3.05, 3.63) is 0 Å². The molecule has 0 aliphatic rings. The van der Waals surface area contributed by atoms with E-state index in [9.17, 15) is 14.7 Å². The second kappa shape index (κ2) is 6.98. The molecule has 7 nitrogen and oxygen atoms in total. The molecule has 0 atom stereocenters. The number of rotatable bonds is 4. The highest BCUT2D eigenvalue weighted by Gasteiger charge is 2.25. The third-order valence-electron chi connectivity index (χ3n) is 2.02. The van der Waals surface area contributed by atoms with Crippen LogP contribution in [0.4, 0.5) is 9.59 Å². The Kier molecular flexibility index (Phi) is 6.48. The van der Waals surface area contributed by atoms with Crippen LogP contribution in [0.1, 0.15) is 48.5 Å². The van der Waals surface area contributed by atoms with E-state index in [-0.39, 0.29) is 13.1 Å². The molecule has 7 heteroatoms. The first-order valence-electron chi connectivity index (χ1n) is 6.86. The summed E-state index contributed by atoms with van der Waals surface area (Å²) >= 11 is 0. The van der Waals surface area contributed by atoms with Crippen LogP contribution in [0, 0.1) is 0 Å². The average molecular weight is 304 g/mol. The number of aliphatic hydroxyl groups is 1. The number of nitrogens with one attached hydrogen (secondary N) is 2. The van der Waals surface area contributed by atoms with Gasteiger partial charge in [-0.05, 0) is 48.5 Å².